The molecule has 3 heterocycles. The van der Waals surface area contributed by atoms with Gasteiger partial charge in [-0.15, -0.1) is 5.10 Å². The number of carbonyl (C=O) groups is 1. The van der Waals surface area contributed by atoms with Gasteiger partial charge in [-0.25, -0.2) is 14.6 Å². The molecule has 1 N–H and O–H groups in total. The molecule has 5 rings (SSSR count). The number of anilines is 1. The molecule has 2 aromatic carbocycles. The maximum absolute atomic E-state index is 12.9. The van der Waals surface area contributed by atoms with Gasteiger partial charge in [0.15, 0.2) is 5.65 Å². The van der Waals surface area contributed by atoms with E-state index in [9.17, 15) is 4.79 Å². The van der Waals surface area contributed by atoms with Crippen molar-refractivity contribution in [2.75, 3.05) is 18.0 Å². The number of piperidine rings is 1. The van der Waals surface area contributed by atoms with Gasteiger partial charge < -0.3 is 10.2 Å². The van der Waals surface area contributed by atoms with Gasteiger partial charge >= 0.3 is 0 Å². The molecule has 184 valence electrons. The van der Waals surface area contributed by atoms with E-state index < -0.39 is 0 Å². The summed E-state index contributed by atoms with van der Waals surface area (Å²) in [5, 5.41) is 8.67. The Morgan fingerprint density at radius 3 is 2.43 bits per heavy atom. The zero-order valence-corrected chi connectivity index (χ0v) is 21.0. The lowest BCUT2D eigenvalue weighted by molar-refractivity contribution is -0.125. The van der Waals surface area contributed by atoms with Crippen molar-refractivity contribution in [3.8, 4) is 5.69 Å². The number of benzene rings is 2. The van der Waals surface area contributed by atoms with Crippen molar-refractivity contribution in [1.29, 1.82) is 0 Å². The highest BCUT2D eigenvalue weighted by molar-refractivity contribution is 5.87. The largest absolute Gasteiger partial charge is 0.355 e. The zero-order chi connectivity index (χ0) is 24.8. The molecule has 0 bridgehead atoms. The quantitative estimate of drug-likeness (QED) is 0.430. The molecule has 1 saturated heterocycles. The summed E-state index contributed by atoms with van der Waals surface area (Å²) in [4.78, 5) is 24.1. The number of aryl methyl sites for hydroxylation is 2. The molecule has 1 atom stereocenters. The number of aromatic nitrogens is 4. The van der Waals surface area contributed by atoms with Crippen LogP contribution in [0.1, 0.15) is 44.8 Å². The molecule has 1 amide bonds. The number of fused-ring (bicyclic) bond motifs is 1. The maximum atomic E-state index is 12.9. The van der Waals surface area contributed by atoms with Crippen LogP contribution in [0.5, 0.6) is 0 Å². The highest BCUT2D eigenvalue weighted by Gasteiger charge is 2.28. The fraction of sp³-hybridized carbons (Fsp3) is 0.357. The SMILES string of the molecule is CC.Cc1ccc(CNC(=O)[C@@H]2CCCN(c3ncnc4nn(-c5ccc(C)cc5)cc34)C2)cc1.[HH]. The van der Waals surface area contributed by atoms with Crippen LogP contribution in [0.15, 0.2) is 61.1 Å². The van der Waals surface area contributed by atoms with E-state index in [1.54, 1.807) is 6.33 Å². The van der Waals surface area contributed by atoms with Crippen molar-refractivity contribution >= 4 is 22.8 Å². The van der Waals surface area contributed by atoms with Gasteiger partial charge in [0.25, 0.3) is 0 Å². The highest BCUT2D eigenvalue weighted by atomic mass is 16.1. The van der Waals surface area contributed by atoms with Gasteiger partial charge in [0.05, 0.1) is 17.0 Å². The lowest BCUT2D eigenvalue weighted by Gasteiger charge is -2.33. The topological polar surface area (TPSA) is 75.9 Å². The first-order valence-electron chi connectivity index (χ1n) is 12.4. The summed E-state index contributed by atoms with van der Waals surface area (Å²) in [6.45, 7) is 10.2. The average molecular weight is 473 g/mol. The van der Waals surface area contributed by atoms with Crippen LogP contribution in [0.4, 0.5) is 5.82 Å². The third-order valence-corrected chi connectivity index (χ3v) is 6.27. The highest BCUT2D eigenvalue weighted by Crippen LogP contribution is 2.28. The molecule has 1 aliphatic heterocycles. The minimum absolute atomic E-state index is 0. The van der Waals surface area contributed by atoms with Crippen LogP contribution in [0.2, 0.25) is 0 Å². The number of rotatable bonds is 5. The van der Waals surface area contributed by atoms with E-state index in [0.29, 0.717) is 18.7 Å². The van der Waals surface area contributed by atoms with Crippen LogP contribution in [0.3, 0.4) is 0 Å². The van der Waals surface area contributed by atoms with Crippen molar-refractivity contribution in [3.05, 3.63) is 77.7 Å². The molecule has 0 aliphatic carbocycles. The first kappa shape index (κ1) is 24.4. The van der Waals surface area contributed by atoms with E-state index in [-0.39, 0.29) is 13.3 Å². The molecule has 4 aromatic rings. The Labute approximate surface area is 208 Å². The standard InChI is InChI=1S/C26H28N6O.C2H6.H2/c1-18-5-9-20(10-6-18)14-27-26(33)21-4-3-13-31(15-21)25-23-16-32(30-24(23)28-17-29-25)22-11-7-19(2)8-12-22;1-2;/h5-12,16-17,21H,3-4,13-15H2,1-2H3,(H,27,33);1-2H3;1H/t21-;;/m1../s1. The van der Waals surface area contributed by atoms with Gasteiger partial charge in [-0.2, -0.15) is 0 Å². The number of hydrogen-bond donors (Lipinski definition) is 1. The zero-order valence-electron chi connectivity index (χ0n) is 21.0. The van der Waals surface area contributed by atoms with E-state index in [2.05, 4.69) is 75.5 Å². The van der Waals surface area contributed by atoms with E-state index >= 15 is 0 Å². The molecule has 0 saturated carbocycles. The molecule has 35 heavy (non-hydrogen) atoms. The minimum atomic E-state index is -0.0682. The summed E-state index contributed by atoms with van der Waals surface area (Å²) in [5.41, 5.74) is 5.18. The first-order chi connectivity index (χ1) is 17.1. The Balaban J connectivity index is 0.00000117. The van der Waals surface area contributed by atoms with Crippen LogP contribution >= 0.6 is 0 Å². The minimum Gasteiger partial charge on any atom is -0.355 e. The number of nitrogens with one attached hydrogen (secondary N) is 1. The van der Waals surface area contributed by atoms with Crippen LogP contribution in [0.25, 0.3) is 16.7 Å². The van der Waals surface area contributed by atoms with E-state index in [1.165, 1.54) is 11.1 Å². The Bertz CT molecular complexity index is 1270. The lowest BCUT2D eigenvalue weighted by atomic mass is 9.97. The Kier molecular flexibility index (Phi) is 7.75. The average Bonchev–Trinajstić information content (AvgIpc) is 3.34. The van der Waals surface area contributed by atoms with Gasteiger partial charge in [-0.1, -0.05) is 61.4 Å². The smallest absolute Gasteiger partial charge is 0.225 e. The summed E-state index contributed by atoms with van der Waals surface area (Å²) in [5.74, 6) is 0.872. The summed E-state index contributed by atoms with van der Waals surface area (Å²) in [7, 11) is 0. The Morgan fingerprint density at radius 1 is 1.03 bits per heavy atom. The van der Waals surface area contributed by atoms with Crippen molar-refractivity contribution in [3.63, 3.8) is 0 Å². The Morgan fingerprint density at radius 2 is 1.71 bits per heavy atom. The molecular weight excluding hydrogens is 436 g/mol. The molecule has 1 aliphatic rings. The van der Waals surface area contributed by atoms with Crippen molar-refractivity contribution in [1.82, 2.24) is 25.1 Å². The molecule has 0 spiro atoms. The van der Waals surface area contributed by atoms with Crippen LogP contribution in [0, 0.1) is 19.8 Å². The third-order valence-electron chi connectivity index (χ3n) is 6.27. The fourth-order valence-corrected chi connectivity index (χ4v) is 4.33. The summed E-state index contributed by atoms with van der Waals surface area (Å²) >= 11 is 0. The van der Waals surface area contributed by atoms with Crippen LogP contribution in [-0.2, 0) is 11.3 Å². The second-order valence-electron chi connectivity index (χ2n) is 8.83. The summed E-state index contributed by atoms with van der Waals surface area (Å²) < 4.78 is 1.85. The number of hydrogen-bond acceptors (Lipinski definition) is 5. The van der Waals surface area contributed by atoms with E-state index in [4.69, 9.17) is 0 Å². The summed E-state index contributed by atoms with van der Waals surface area (Å²) in [6.07, 6.45) is 5.37. The number of carbonyl (C=O) groups excluding carboxylic acids is 1. The van der Waals surface area contributed by atoms with Gasteiger partial charge in [0.2, 0.25) is 5.91 Å². The predicted molar refractivity (Wildman–Crippen MR) is 143 cm³/mol. The monoisotopic (exact) mass is 472 g/mol. The third kappa shape index (κ3) is 5.67. The van der Waals surface area contributed by atoms with Gasteiger partial charge in [0.1, 0.15) is 12.1 Å². The normalized spacial score (nSPS) is 15.4. The Hall–Kier alpha value is -3.74. The van der Waals surface area contributed by atoms with E-state index in [0.717, 1.165) is 41.8 Å². The number of amides is 1. The molecule has 0 radical (unpaired) electrons. The van der Waals surface area contributed by atoms with Crippen LogP contribution < -0.4 is 10.2 Å². The molecule has 7 nitrogen and oxygen atoms in total. The molecule has 0 unspecified atom stereocenters. The second kappa shape index (κ2) is 11.1. The maximum Gasteiger partial charge on any atom is 0.225 e. The summed E-state index contributed by atoms with van der Waals surface area (Å²) in [6, 6.07) is 16.5. The molecule has 7 heteroatoms. The van der Waals surface area contributed by atoms with Gasteiger partial charge in [0, 0.05) is 27.3 Å². The predicted octanol–water partition coefficient (Wildman–Crippen LogP) is 5.24. The van der Waals surface area contributed by atoms with Crippen molar-refractivity contribution < 1.29 is 6.22 Å². The second-order valence-corrected chi connectivity index (χ2v) is 8.83. The molecule has 1 fully saturated rings. The fourth-order valence-electron chi connectivity index (χ4n) is 4.33. The van der Waals surface area contributed by atoms with Crippen molar-refractivity contribution in [2.45, 2.75) is 47.1 Å². The molecule has 2 aromatic heterocycles. The van der Waals surface area contributed by atoms with E-state index in [1.807, 2.05) is 36.9 Å². The first-order valence-corrected chi connectivity index (χ1v) is 12.4. The van der Waals surface area contributed by atoms with Gasteiger partial charge in [-0.05, 0) is 44.4 Å². The molecular formula is C28H36N6O. The van der Waals surface area contributed by atoms with Gasteiger partial charge in [-0.3, -0.25) is 4.79 Å². The lowest BCUT2D eigenvalue weighted by Crippen LogP contribution is -2.43. The van der Waals surface area contributed by atoms with Crippen LogP contribution in [-0.4, -0.2) is 38.7 Å². The number of nitrogens with zero attached hydrogens (tertiary/aromatic N) is 5. The van der Waals surface area contributed by atoms with Crippen molar-refractivity contribution in [2.24, 2.45) is 5.92 Å².